The van der Waals surface area contributed by atoms with Crippen LogP contribution in [0.3, 0.4) is 0 Å². The van der Waals surface area contributed by atoms with Crippen LogP contribution in [0, 0.1) is 4.91 Å². The molecule has 8 heteroatoms. The normalized spacial score (nSPS) is 20.2. The summed E-state index contributed by atoms with van der Waals surface area (Å²) in [5.41, 5.74) is 1.91. The largest absolute Gasteiger partial charge is 0.306 e. The number of hydrogen-bond donors (Lipinski definition) is 0. The van der Waals surface area contributed by atoms with Gasteiger partial charge in [0.1, 0.15) is 6.54 Å². The summed E-state index contributed by atoms with van der Waals surface area (Å²) in [5, 5.41) is 4.57. The van der Waals surface area contributed by atoms with Crippen LogP contribution >= 0.6 is 46.7 Å². The molecule has 2 aromatic rings. The molecule has 4 nitrogen and oxygen atoms in total. The average molecular weight is 372 g/mol. The number of nitrogens with zero attached hydrogens (tertiary/aromatic N) is 3. The molecular formula is C14H11Cl2N3OS2. The van der Waals surface area contributed by atoms with E-state index in [1.807, 2.05) is 22.9 Å². The molecule has 0 N–H and O–H groups in total. The highest BCUT2D eigenvalue weighted by atomic mass is 35.5. The SMILES string of the molecule is O=NC/C(=C1/SCC(c2ccc(Cl)cc2Cl)S1)n1ccnc1. The van der Waals surface area contributed by atoms with Gasteiger partial charge in [0.25, 0.3) is 0 Å². The molecular weight excluding hydrogens is 361 g/mol. The number of benzene rings is 1. The quantitative estimate of drug-likeness (QED) is 0.683. The Morgan fingerprint density at radius 2 is 2.32 bits per heavy atom. The molecule has 2 heterocycles. The molecule has 0 aliphatic carbocycles. The van der Waals surface area contributed by atoms with Crippen molar-refractivity contribution in [2.75, 3.05) is 12.3 Å². The van der Waals surface area contributed by atoms with Crippen molar-refractivity contribution in [3.8, 4) is 0 Å². The molecule has 22 heavy (non-hydrogen) atoms. The fourth-order valence-electron chi connectivity index (χ4n) is 2.15. The van der Waals surface area contributed by atoms with Crippen LogP contribution in [0.25, 0.3) is 5.70 Å². The van der Waals surface area contributed by atoms with Crippen molar-refractivity contribution in [3.05, 3.63) is 61.7 Å². The highest BCUT2D eigenvalue weighted by Gasteiger charge is 2.27. The standard InChI is InChI=1S/C14H11Cl2N3OS2/c15-9-1-2-10(11(16)5-9)13-7-21-14(22-13)12(6-18-20)19-4-3-17-8-19/h1-5,8,13H,6-7H2/b14-12+. The molecule has 1 aromatic carbocycles. The summed E-state index contributed by atoms with van der Waals surface area (Å²) < 4.78 is 2.91. The molecule has 1 aromatic heterocycles. The summed E-state index contributed by atoms with van der Waals surface area (Å²) in [6, 6.07) is 5.56. The maximum atomic E-state index is 10.7. The van der Waals surface area contributed by atoms with Crippen LogP contribution in [-0.4, -0.2) is 21.8 Å². The number of imidazole rings is 1. The first kappa shape index (κ1) is 15.9. The van der Waals surface area contributed by atoms with E-state index in [9.17, 15) is 4.91 Å². The van der Waals surface area contributed by atoms with Crippen molar-refractivity contribution >= 4 is 52.4 Å². The van der Waals surface area contributed by atoms with Gasteiger partial charge in [0.2, 0.25) is 0 Å². The lowest BCUT2D eigenvalue weighted by Crippen LogP contribution is -1.98. The van der Waals surface area contributed by atoms with Gasteiger partial charge in [0, 0.05) is 33.4 Å². The number of hydrogen-bond acceptors (Lipinski definition) is 5. The van der Waals surface area contributed by atoms with Crippen LogP contribution in [0.4, 0.5) is 0 Å². The number of rotatable bonds is 4. The molecule has 3 rings (SSSR count). The maximum Gasteiger partial charge on any atom is 0.123 e. The second-order valence-corrected chi connectivity index (χ2v) is 7.92. The molecule has 1 fully saturated rings. The van der Waals surface area contributed by atoms with Gasteiger partial charge in [-0.1, -0.05) is 34.4 Å². The molecule has 114 valence electrons. The van der Waals surface area contributed by atoms with Gasteiger partial charge in [0.15, 0.2) is 0 Å². The molecule has 1 aliphatic rings. The van der Waals surface area contributed by atoms with E-state index < -0.39 is 0 Å². The van der Waals surface area contributed by atoms with E-state index in [0.717, 1.165) is 21.3 Å². The molecule has 0 saturated carbocycles. The number of thioether (sulfide) groups is 2. The third-order valence-corrected chi connectivity index (χ3v) is 6.76. The fourth-order valence-corrected chi connectivity index (χ4v) is 5.77. The summed E-state index contributed by atoms with van der Waals surface area (Å²) in [4.78, 5) is 14.8. The molecule has 0 spiro atoms. The highest BCUT2D eigenvalue weighted by Crippen LogP contribution is 2.53. The molecule has 1 saturated heterocycles. The Kier molecular flexibility index (Phi) is 5.13. The number of aromatic nitrogens is 2. The van der Waals surface area contributed by atoms with Gasteiger partial charge < -0.3 is 4.57 Å². The van der Waals surface area contributed by atoms with Crippen LogP contribution in [0.2, 0.25) is 10.0 Å². The lowest BCUT2D eigenvalue weighted by Gasteiger charge is -2.11. The van der Waals surface area contributed by atoms with Gasteiger partial charge in [-0.05, 0) is 17.7 Å². The van der Waals surface area contributed by atoms with Crippen molar-refractivity contribution in [1.82, 2.24) is 9.55 Å². The Hall–Kier alpha value is -0.950. The van der Waals surface area contributed by atoms with Gasteiger partial charge >= 0.3 is 0 Å². The summed E-state index contributed by atoms with van der Waals surface area (Å²) in [5.74, 6) is 0.887. The summed E-state index contributed by atoms with van der Waals surface area (Å²) in [6.07, 6.45) is 5.18. The van der Waals surface area contributed by atoms with Crippen molar-refractivity contribution in [1.29, 1.82) is 0 Å². The van der Waals surface area contributed by atoms with Crippen molar-refractivity contribution in [3.63, 3.8) is 0 Å². The topological polar surface area (TPSA) is 47.2 Å². The zero-order valence-electron chi connectivity index (χ0n) is 11.3. The summed E-state index contributed by atoms with van der Waals surface area (Å²) in [6.45, 7) is 0.118. The van der Waals surface area contributed by atoms with Gasteiger partial charge in [-0.25, -0.2) is 4.98 Å². The minimum atomic E-state index is 0.118. The van der Waals surface area contributed by atoms with Crippen molar-refractivity contribution < 1.29 is 0 Å². The molecule has 1 aliphatic heterocycles. The van der Waals surface area contributed by atoms with E-state index in [0.29, 0.717) is 10.0 Å². The van der Waals surface area contributed by atoms with E-state index in [-0.39, 0.29) is 11.8 Å². The first-order chi connectivity index (χ1) is 10.7. The Labute approximate surface area is 146 Å². The van der Waals surface area contributed by atoms with Crippen molar-refractivity contribution in [2.45, 2.75) is 5.25 Å². The van der Waals surface area contributed by atoms with Gasteiger partial charge in [-0.2, -0.15) is 4.91 Å². The molecule has 0 radical (unpaired) electrons. The summed E-state index contributed by atoms with van der Waals surface area (Å²) >= 11 is 15.6. The lowest BCUT2D eigenvalue weighted by atomic mass is 10.2. The van der Waals surface area contributed by atoms with Crippen LogP contribution in [-0.2, 0) is 0 Å². The van der Waals surface area contributed by atoms with Crippen LogP contribution in [0.15, 0.2) is 46.3 Å². The van der Waals surface area contributed by atoms with E-state index >= 15 is 0 Å². The monoisotopic (exact) mass is 371 g/mol. The average Bonchev–Trinajstić information content (AvgIpc) is 3.16. The zero-order chi connectivity index (χ0) is 15.5. The third kappa shape index (κ3) is 3.35. The van der Waals surface area contributed by atoms with Crippen LogP contribution < -0.4 is 0 Å². The number of nitroso groups, excluding NO2 is 1. The van der Waals surface area contributed by atoms with Crippen molar-refractivity contribution in [2.24, 2.45) is 5.18 Å². The maximum absolute atomic E-state index is 10.7. The first-order valence-corrected chi connectivity index (χ1v) is 9.06. The molecule has 0 amide bonds. The lowest BCUT2D eigenvalue weighted by molar-refractivity contribution is 1.02. The van der Waals surface area contributed by atoms with E-state index in [1.165, 1.54) is 0 Å². The Morgan fingerprint density at radius 3 is 3.00 bits per heavy atom. The third-order valence-electron chi connectivity index (χ3n) is 3.19. The molecule has 0 bridgehead atoms. The van der Waals surface area contributed by atoms with Gasteiger partial charge in [-0.3, -0.25) is 0 Å². The Bertz CT molecular complexity index is 719. The first-order valence-electron chi connectivity index (χ1n) is 6.44. The van der Waals surface area contributed by atoms with Crippen LogP contribution in [0.1, 0.15) is 10.8 Å². The van der Waals surface area contributed by atoms with E-state index in [2.05, 4.69) is 10.2 Å². The fraction of sp³-hybridized carbons (Fsp3) is 0.214. The Balaban J connectivity index is 1.89. The van der Waals surface area contributed by atoms with E-state index in [1.54, 1.807) is 42.1 Å². The minimum Gasteiger partial charge on any atom is -0.306 e. The Morgan fingerprint density at radius 1 is 1.45 bits per heavy atom. The van der Waals surface area contributed by atoms with E-state index in [4.69, 9.17) is 23.2 Å². The smallest absolute Gasteiger partial charge is 0.123 e. The predicted molar refractivity (Wildman–Crippen MR) is 95.4 cm³/mol. The minimum absolute atomic E-state index is 0.118. The zero-order valence-corrected chi connectivity index (χ0v) is 14.4. The molecule has 1 unspecified atom stereocenters. The number of halogens is 2. The summed E-state index contributed by atoms with van der Waals surface area (Å²) in [7, 11) is 0. The molecule has 1 atom stereocenters. The predicted octanol–water partition coefficient (Wildman–Crippen LogP) is 5.30. The second kappa shape index (κ2) is 7.08. The van der Waals surface area contributed by atoms with Gasteiger partial charge in [-0.15, -0.1) is 23.5 Å². The second-order valence-electron chi connectivity index (χ2n) is 4.57. The van der Waals surface area contributed by atoms with Crippen LogP contribution in [0.5, 0.6) is 0 Å². The highest BCUT2D eigenvalue weighted by molar-refractivity contribution is 8.25. The van der Waals surface area contributed by atoms with Gasteiger partial charge in [0.05, 0.1) is 16.3 Å².